The molecular weight excluding hydrogens is 278 g/mol. The van der Waals surface area contributed by atoms with Gasteiger partial charge < -0.3 is 5.32 Å². The molecule has 0 radical (unpaired) electrons. The van der Waals surface area contributed by atoms with Crippen LogP contribution in [0.5, 0.6) is 0 Å². The van der Waals surface area contributed by atoms with Crippen molar-refractivity contribution in [1.82, 2.24) is 9.55 Å². The summed E-state index contributed by atoms with van der Waals surface area (Å²) in [6, 6.07) is 14.6. The first-order valence-electron chi connectivity index (χ1n) is 6.95. The number of nitrogens with one attached hydrogen (secondary N) is 1. The number of amides is 1. The summed E-state index contributed by atoms with van der Waals surface area (Å²) < 4.78 is 1.32. The van der Waals surface area contributed by atoms with E-state index in [1.807, 2.05) is 37.3 Å². The van der Waals surface area contributed by atoms with Crippen LogP contribution in [-0.4, -0.2) is 15.5 Å². The summed E-state index contributed by atoms with van der Waals surface area (Å²) in [6.45, 7) is 1.84. The predicted molar refractivity (Wildman–Crippen MR) is 85.8 cm³/mol. The summed E-state index contributed by atoms with van der Waals surface area (Å²) in [4.78, 5) is 28.7. The maximum atomic E-state index is 12.4. The van der Waals surface area contributed by atoms with Gasteiger partial charge in [-0.2, -0.15) is 0 Å². The number of nitrogens with zero attached hydrogens (tertiary/aromatic N) is 2. The van der Waals surface area contributed by atoms with Crippen LogP contribution in [0.15, 0.2) is 59.7 Å². The molecule has 3 rings (SSSR count). The lowest BCUT2D eigenvalue weighted by atomic mass is 10.1. The smallest absolute Gasteiger partial charge is 0.261 e. The van der Waals surface area contributed by atoms with E-state index in [0.717, 1.165) is 5.56 Å². The Morgan fingerprint density at radius 3 is 2.68 bits per heavy atom. The lowest BCUT2D eigenvalue weighted by molar-refractivity contribution is -0.116. The molecule has 0 spiro atoms. The highest BCUT2D eigenvalue weighted by molar-refractivity contribution is 5.90. The van der Waals surface area contributed by atoms with Crippen molar-refractivity contribution < 1.29 is 4.79 Å². The van der Waals surface area contributed by atoms with E-state index in [9.17, 15) is 9.59 Å². The van der Waals surface area contributed by atoms with Gasteiger partial charge in [0, 0.05) is 5.69 Å². The number of para-hydroxylation sites is 2. The molecule has 0 atom stereocenters. The Hall–Kier alpha value is -2.95. The van der Waals surface area contributed by atoms with Gasteiger partial charge in [0.15, 0.2) is 0 Å². The third-order valence-electron chi connectivity index (χ3n) is 3.43. The zero-order valence-corrected chi connectivity index (χ0v) is 12.1. The second-order valence-corrected chi connectivity index (χ2v) is 5.06. The number of anilines is 1. The zero-order chi connectivity index (χ0) is 15.5. The summed E-state index contributed by atoms with van der Waals surface area (Å²) in [5.74, 6) is -0.262. The largest absolute Gasteiger partial charge is 0.325 e. The van der Waals surface area contributed by atoms with Crippen LogP contribution in [0.4, 0.5) is 5.69 Å². The van der Waals surface area contributed by atoms with Crippen LogP contribution in [0.2, 0.25) is 0 Å². The lowest BCUT2D eigenvalue weighted by Crippen LogP contribution is -2.28. The van der Waals surface area contributed by atoms with Crippen molar-refractivity contribution in [3.05, 3.63) is 70.8 Å². The van der Waals surface area contributed by atoms with Gasteiger partial charge in [0.2, 0.25) is 5.91 Å². The van der Waals surface area contributed by atoms with E-state index in [-0.39, 0.29) is 18.0 Å². The molecule has 5 nitrogen and oxygen atoms in total. The summed E-state index contributed by atoms with van der Waals surface area (Å²) in [5.41, 5.74) is 2.10. The molecule has 1 N–H and O–H groups in total. The molecule has 2 aromatic carbocycles. The molecule has 1 aromatic heterocycles. The number of rotatable bonds is 3. The number of benzene rings is 2. The van der Waals surface area contributed by atoms with Gasteiger partial charge in [-0.05, 0) is 30.7 Å². The maximum absolute atomic E-state index is 12.4. The maximum Gasteiger partial charge on any atom is 0.261 e. The van der Waals surface area contributed by atoms with E-state index in [1.54, 1.807) is 18.2 Å². The van der Waals surface area contributed by atoms with Crippen LogP contribution >= 0.6 is 0 Å². The van der Waals surface area contributed by atoms with Crippen LogP contribution in [0, 0.1) is 6.92 Å². The molecule has 5 heteroatoms. The minimum atomic E-state index is -0.262. The fourth-order valence-electron chi connectivity index (χ4n) is 2.33. The summed E-state index contributed by atoms with van der Waals surface area (Å²) in [7, 11) is 0. The molecule has 0 bridgehead atoms. The van der Waals surface area contributed by atoms with Crippen LogP contribution in [0.1, 0.15) is 5.56 Å². The summed E-state index contributed by atoms with van der Waals surface area (Å²) >= 11 is 0. The minimum Gasteiger partial charge on any atom is -0.325 e. The molecule has 0 fully saturated rings. The van der Waals surface area contributed by atoms with E-state index in [1.165, 1.54) is 10.9 Å². The van der Waals surface area contributed by atoms with Crippen molar-refractivity contribution in [3.63, 3.8) is 0 Å². The Bertz CT molecular complexity index is 885. The van der Waals surface area contributed by atoms with Crippen molar-refractivity contribution in [3.8, 4) is 0 Å². The summed E-state index contributed by atoms with van der Waals surface area (Å²) in [5, 5.41) is 3.27. The molecular formula is C17H15N3O2. The van der Waals surface area contributed by atoms with Crippen LogP contribution in [0.3, 0.4) is 0 Å². The molecule has 0 aliphatic carbocycles. The Morgan fingerprint density at radius 2 is 1.91 bits per heavy atom. The summed E-state index contributed by atoms with van der Waals surface area (Å²) in [6.07, 6.45) is 1.42. The molecule has 1 amide bonds. The Kier molecular flexibility index (Phi) is 3.70. The second-order valence-electron chi connectivity index (χ2n) is 5.06. The van der Waals surface area contributed by atoms with E-state index < -0.39 is 0 Å². The molecule has 22 heavy (non-hydrogen) atoms. The van der Waals surface area contributed by atoms with Gasteiger partial charge in [-0.1, -0.05) is 30.3 Å². The van der Waals surface area contributed by atoms with Crippen molar-refractivity contribution in [2.75, 3.05) is 5.32 Å². The highest BCUT2D eigenvalue weighted by Gasteiger charge is 2.09. The number of hydrogen-bond donors (Lipinski definition) is 1. The number of fused-ring (bicyclic) bond motifs is 1. The van der Waals surface area contributed by atoms with E-state index in [4.69, 9.17) is 0 Å². The zero-order valence-electron chi connectivity index (χ0n) is 12.1. The normalized spacial score (nSPS) is 10.6. The van der Waals surface area contributed by atoms with Gasteiger partial charge in [-0.3, -0.25) is 14.2 Å². The van der Waals surface area contributed by atoms with Crippen LogP contribution in [-0.2, 0) is 11.3 Å². The fourth-order valence-corrected chi connectivity index (χ4v) is 2.33. The molecule has 3 aromatic rings. The number of hydrogen-bond acceptors (Lipinski definition) is 3. The monoisotopic (exact) mass is 293 g/mol. The molecule has 1 heterocycles. The Labute approximate surface area is 127 Å². The van der Waals surface area contributed by atoms with Gasteiger partial charge in [0.25, 0.3) is 5.56 Å². The average molecular weight is 293 g/mol. The first-order valence-corrected chi connectivity index (χ1v) is 6.95. The van der Waals surface area contributed by atoms with Crippen molar-refractivity contribution in [2.45, 2.75) is 13.5 Å². The van der Waals surface area contributed by atoms with Crippen molar-refractivity contribution in [2.24, 2.45) is 0 Å². The van der Waals surface area contributed by atoms with E-state index in [0.29, 0.717) is 16.6 Å². The van der Waals surface area contributed by atoms with Gasteiger partial charge >= 0.3 is 0 Å². The van der Waals surface area contributed by atoms with Crippen LogP contribution in [0.25, 0.3) is 10.9 Å². The molecule has 0 saturated heterocycles. The molecule has 0 aliphatic rings. The van der Waals surface area contributed by atoms with E-state index >= 15 is 0 Å². The highest BCUT2D eigenvalue weighted by Crippen LogP contribution is 2.11. The standard InChI is InChI=1S/C17H15N3O2/c1-12-6-5-9-14-16(12)18-11-20(17(14)22)10-15(21)19-13-7-3-2-4-8-13/h2-9,11H,10H2,1H3,(H,19,21). The molecule has 0 saturated carbocycles. The number of carbonyl (C=O) groups excluding carboxylic acids is 1. The molecule has 110 valence electrons. The molecule has 0 unspecified atom stereocenters. The van der Waals surface area contributed by atoms with Gasteiger partial charge in [-0.25, -0.2) is 4.98 Å². The first-order chi connectivity index (χ1) is 10.6. The SMILES string of the molecule is Cc1cccc2c(=O)n(CC(=O)Nc3ccccc3)cnc12. The van der Waals surface area contributed by atoms with Crippen molar-refractivity contribution >= 4 is 22.5 Å². The van der Waals surface area contributed by atoms with Crippen molar-refractivity contribution in [1.29, 1.82) is 0 Å². The number of carbonyl (C=O) groups is 1. The Morgan fingerprint density at radius 1 is 1.14 bits per heavy atom. The quantitative estimate of drug-likeness (QED) is 0.806. The van der Waals surface area contributed by atoms with E-state index in [2.05, 4.69) is 10.3 Å². The predicted octanol–water partition coefficient (Wildman–Crippen LogP) is 2.34. The molecule has 0 aliphatic heterocycles. The fraction of sp³-hybridized carbons (Fsp3) is 0.118. The highest BCUT2D eigenvalue weighted by atomic mass is 16.2. The third-order valence-corrected chi connectivity index (χ3v) is 3.43. The van der Waals surface area contributed by atoms with Gasteiger partial charge in [-0.15, -0.1) is 0 Å². The first kappa shape index (κ1) is 14.0. The minimum absolute atomic E-state index is 0.0649. The third kappa shape index (κ3) is 2.74. The average Bonchev–Trinajstić information content (AvgIpc) is 2.52. The number of aromatic nitrogens is 2. The topological polar surface area (TPSA) is 64.0 Å². The van der Waals surface area contributed by atoms with Crippen LogP contribution < -0.4 is 10.9 Å². The number of aryl methyl sites for hydroxylation is 1. The van der Waals surface area contributed by atoms with Gasteiger partial charge in [0.1, 0.15) is 6.54 Å². The Balaban J connectivity index is 1.87. The lowest BCUT2D eigenvalue weighted by Gasteiger charge is -2.08. The second kappa shape index (κ2) is 5.81. The van der Waals surface area contributed by atoms with Gasteiger partial charge in [0.05, 0.1) is 17.2 Å².